The number of likely N-dealkylation sites (N-methyl/N-ethyl adjacent to an activating group) is 1. The van der Waals surface area contributed by atoms with Crippen LogP contribution in [0.2, 0.25) is 0 Å². The molecule has 21 heavy (non-hydrogen) atoms. The summed E-state index contributed by atoms with van der Waals surface area (Å²) in [6, 6.07) is 2.97. The Labute approximate surface area is 123 Å². The Hall–Kier alpha value is -1.71. The van der Waals surface area contributed by atoms with Crippen molar-refractivity contribution in [2.45, 2.75) is 18.7 Å². The highest BCUT2D eigenvalue weighted by Crippen LogP contribution is 2.27. The van der Waals surface area contributed by atoms with Gasteiger partial charge in [0, 0.05) is 19.2 Å². The maximum absolute atomic E-state index is 12.0. The minimum Gasteiger partial charge on any atom is -0.502 e. The molecule has 1 aromatic carbocycles. The van der Waals surface area contributed by atoms with Gasteiger partial charge in [-0.1, -0.05) is 13.8 Å². The SMILES string of the molecule is CCN(CC)CCNS(=O)(=O)c1ccc(O)c([N+](=O)[O-])c1. The molecule has 118 valence electrons. The molecular weight excluding hydrogens is 298 g/mol. The molecular formula is C12H19N3O5S. The van der Waals surface area contributed by atoms with Crippen LogP contribution in [0.3, 0.4) is 0 Å². The van der Waals surface area contributed by atoms with Crippen molar-refractivity contribution in [2.75, 3.05) is 26.2 Å². The molecule has 1 rings (SSSR count). The minimum absolute atomic E-state index is 0.207. The van der Waals surface area contributed by atoms with E-state index in [9.17, 15) is 23.6 Å². The third kappa shape index (κ3) is 4.66. The molecule has 0 bridgehead atoms. The molecule has 2 N–H and O–H groups in total. The number of benzene rings is 1. The molecule has 0 saturated carbocycles. The van der Waals surface area contributed by atoms with Crippen LogP contribution in [0.25, 0.3) is 0 Å². The summed E-state index contributed by atoms with van der Waals surface area (Å²) in [4.78, 5) is 11.7. The van der Waals surface area contributed by atoms with Gasteiger partial charge in [0.15, 0.2) is 5.75 Å². The maximum Gasteiger partial charge on any atom is 0.312 e. The monoisotopic (exact) mass is 317 g/mol. The molecule has 0 fully saturated rings. The first-order valence-corrected chi connectivity index (χ1v) is 7.99. The second kappa shape index (κ2) is 7.34. The van der Waals surface area contributed by atoms with Gasteiger partial charge in [-0.3, -0.25) is 10.1 Å². The second-order valence-corrected chi connectivity index (χ2v) is 6.10. The Morgan fingerprint density at radius 1 is 1.33 bits per heavy atom. The minimum atomic E-state index is -3.84. The van der Waals surface area contributed by atoms with Crippen molar-refractivity contribution in [3.63, 3.8) is 0 Å². The van der Waals surface area contributed by atoms with Gasteiger partial charge in [0.05, 0.1) is 9.82 Å². The molecule has 1 aromatic rings. The molecule has 0 spiro atoms. The average Bonchev–Trinajstić information content (AvgIpc) is 2.43. The summed E-state index contributed by atoms with van der Waals surface area (Å²) in [5.41, 5.74) is -0.637. The molecule has 0 aliphatic carbocycles. The summed E-state index contributed by atoms with van der Waals surface area (Å²) in [5.74, 6) is -0.568. The Morgan fingerprint density at radius 2 is 1.95 bits per heavy atom. The lowest BCUT2D eigenvalue weighted by atomic mass is 10.3. The lowest BCUT2D eigenvalue weighted by Gasteiger charge is -2.17. The van der Waals surface area contributed by atoms with Crippen molar-refractivity contribution in [3.8, 4) is 5.75 Å². The highest BCUT2D eigenvalue weighted by Gasteiger charge is 2.20. The van der Waals surface area contributed by atoms with Crippen LogP contribution in [-0.4, -0.2) is 49.5 Å². The van der Waals surface area contributed by atoms with E-state index in [0.29, 0.717) is 6.54 Å². The van der Waals surface area contributed by atoms with Gasteiger partial charge in [0.1, 0.15) is 0 Å². The number of phenolic OH excluding ortho intramolecular Hbond substituents is 1. The van der Waals surface area contributed by atoms with Gasteiger partial charge in [0.2, 0.25) is 10.0 Å². The van der Waals surface area contributed by atoms with Crippen LogP contribution in [0.1, 0.15) is 13.8 Å². The summed E-state index contributed by atoms with van der Waals surface area (Å²) < 4.78 is 26.5. The quantitative estimate of drug-likeness (QED) is 0.544. The average molecular weight is 317 g/mol. The third-order valence-corrected chi connectivity index (χ3v) is 4.53. The molecule has 0 atom stereocenters. The Morgan fingerprint density at radius 3 is 2.48 bits per heavy atom. The van der Waals surface area contributed by atoms with Gasteiger partial charge in [-0.2, -0.15) is 0 Å². The normalized spacial score (nSPS) is 11.8. The van der Waals surface area contributed by atoms with Gasteiger partial charge < -0.3 is 10.0 Å². The number of hydrogen-bond donors (Lipinski definition) is 2. The van der Waals surface area contributed by atoms with Gasteiger partial charge in [0.25, 0.3) is 0 Å². The van der Waals surface area contributed by atoms with Crippen molar-refractivity contribution >= 4 is 15.7 Å². The smallest absolute Gasteiger partial charge is 0.312 e. The number of sulfonamides is 1. The number of nitrogens with one attached hydrogen (secondary N) is 1. The first-order valence-electron chi connectivity index (χ1n) is 6.51. The fourth-order valence-corrected chi connectivity index (χ4v) is 2.82. The molecule has 9 heteroatoms. The Balaban J connectivity index is 2.84. The zero-order valence-corrected chi connectivity index (χ0v) is 12.8. The number of aromatic hydroxyl groups is 1. The largest absolute Gasteiger partial charge is 0.502 e. The molecule has 0 aliphatic rings. The van der Waals surface area contributed by atoms with Crippen LogP contribution >= 0.6 is 0 Å². The van der Waals surface area contributed by atoms with Crippen LogP contribution in [0.15, 0.2) is 23.1 Å². The summed E-state index contributed by atoms with van der Waals surface area (Å²) >= 11 is 0. The van der Waals surface area contributed by atoms with E-state index >= 15 is 0 Å². The number of hydrogen-bond acceptors (Lipinski definition) is 6. The zero-order valence-electron chi connectivity index (χ0n) is 11.9. The van der Waals surface area contributed by atoms with Crippen LogP contribution in [0.4, 0.5) is 5.69 Å². The third-order valence-electron chi connectivity index (χ3n) is 3.07. The molecule has 0 amide bonds. The summed E-state index contributed by atoms with van der Waals surface area (Å²) in [5, 5.41) is 20.0. The Bertz CT molecular complexity index is 599. The fourth-order valence-electron chi connectivity index (χ4n) is 1.78. The highest BCUT2D eigenvalue weighted by molar-refractivity contribution is 7.89. The summed E-state index contributed by atoms with van der Waals surface area (Å²) in [6.45, 7) is 6.32. The lowest BCUT2D eigenvalue weighted by molar-refractivity contribution is -0.386. The van der Waals surface area contributed by atoms with E-state index in [2.05, 4.69) is 4.72 Å². The number of nitro benzene ring substituents is 1. The second-order valence-electron chi connectivity index (χ2n) is 4.33. The molecule has 0 heterocycles. The topological polar surface area (TPSA) is 113 Å². The van der Waals surface area contributed by atoms with Crippen LogP contribution in [-0.2, 0) is 10.0 Å². The van der Waals surface area contributed by atoms with E-state index in [1.54, 1.807) is 0 Å². The van der Waals surface area contributed by atoms with Gasteiger partial charge in [-0.15, -0.1) is 0 Å². The standard InChI is InChI=1S/C12H19N3O5S/c1-3-14(4-2)8-7-13-21(19,20)10-5-6-12(16)11(9-10)15(17)18/h5-6,9,13,16H,3-4,7-8H2,1-2H3. The first kappa shape index (κ1) is 17.3. The van der Waals surface area contributed by atoms with Crippen molar-refractivity contribution in [1.29, 1.82) is 0 Å². The molecule has 0 aliphatic heterocycles. The highest BCUT2D eigenvalue weighted by atomic mass is 32.2. The van der Waals surface area contributed by atoms with E-state index < -0.39 is 26.4 Å². The van der Waals surface area contributed by atoms with Gasteiger partial charge >= 0.3 is 5.69 Å². The lowest BCUT2D eigenvalue weighted by Crippen LogP contribution is -2.34. The molecule has 0 unspecified atom stereocenters. The Kier molecular flexibility index (Phi) is 6.06. The van der Waals surface area contributed by atoms with E-state index in [4.69, 9.17) is 0 Å². The van der Waals surface area contributed by atoms with Crippen molar-refractivity contribution in [1.82, 2.24) is 9.62 Å². The van der Waals surface area contributed by atoms with Gasteiger partial charge in [-0.05, 0) is 25.2 Å². The number of phenols is 1. The van der Waals surface area contributed by atoms with E-state index in [1.807, 2.05) is 18.7 Å². The number of nitrogens with zero attached hydrogens (tertiary/aromatic N) is 2. The van der Waals surface area contributed by atoms with Gasteiger partial charge in [-0.25, -0.2) is 13.1 Å². The molecule has 8 nitrogen and oxygen atoms in total. The molecule has 0 aromatic heterocycles. The number of nitro groups is 1. The van der Waals surface area contributed by atoms with E-state index in [1.165, 1.54) is 0 Å². The van der Waals surface area contributed by atoms with Crippen LogP contribution in [0.5, 0.6) is 5.75 Å². The van der Waals surface area contributed by atoms with E-state index in [0.717, 1.165) is 31.3 Å². The van der Waals surface area contributed by atoms with Crippen LogP contribution < -0.4 is 4.72 Å². The van der Waals surface area contributed by atoms with Crippen molar-refractivity contribution in [2.24, 2.45) is 0 Å². The fraction of sp³-hybridized carbons (Fsp3) is 0.500. The predicted octanol–water partition coefficient (Wildman–Crippen LogP) is 0.920. The molecule has 0 saturated heterocycles. The predicted molar refractivity (Wildman–Crippen MR) is 77.7 cm³/mol. The van der Waals surface area contributed by atoms with E-state index in [-0.39, 0.29) is 11.4 Å². The maximum atomic E-state index is 12.0. The first-order chi connectivity index (χ1) is 9.81. The summed E-state index contributed by atoms with van der Waals surface area (Å²) in [6.07, 6.45) is 0. The number of rotatable bonds is 8. The van der Waals surface area contributed by atoms with Crippen LogP contribution in [0, 0.1) is 10.1 Å². The molecule has 0 radical (unpaired) electrons. The summed E-state index contributed by atoms with van der Waals surface area (Å²) in [7, 11) is -3.84. The van der Waals surface area contributed by atoms with Crippen molar-refractivity contribution in [3.05, 3.63) is 28.3 Å². The zero-order chi connectivity index (χ0) is 16.0. The van der Waals surface area contributed by atoms with Crippen molar-refractivity contribution < 1.29 is 18.4 Å².